The third kappa shape index (κ3) is 4.69. The van der Waals surface area contributed by atoms with Crippen molar-refractivity contribution >= 4 is 23.4 Å². The maximum Gasteiger partial charge on any atom is 0.276 e. The Morgan fingerprint density at radius 2 is 1.68 bits per heavy atom. The molecule has 0 radical (unpaired) electrons. The van der Waals surface area contributed by atoms with Crippen LogP contribution in [0, 0.1) is 6.92 Å². The number of piperazine rings is 1. The Kier molecular flexibility index (Phi) is 6.34. The van der Waals surface area contributed by atoms with Crippen molar-refractivity contribution in [3.63, 3.8) is 0 Å². The molecule has 34 heavy (non-hydrogen) atoms. The van der Waals surface area contributed by atoms with E-state index >= 15 is 0 Å². The topological polar surface area (TPSA) is 80.6 Å². The average molecular weight is 480 g/mol. The van der Waals surface area contributed by atoms with E-state index in [-0.39, 0.29) is 24.5 Å². The lowest BCUT2D eigenvalue weighted by Gasteiger charge is -2.34. The van der Waals surface area contributed by atoms with E-state index in [1.165, 1.54) is 5.56 Å². The number of hydrogen-bond donors (Lipinski definition) is 0. The average Bonchev–Trinajstić information content (AvgIpc) is 3.29. The van der Waals surface area contributed by atoms with Crippen molar-refractivity contribution in [2.24, 2.45) is 0 Å². The number of ether oxygens (including phenoxy) is 1. The Hall–Kier alpha value is -3.23. The van der Waals surface area contributed by atoms with Gasteiger partial charge >= 0.3 is 0 Å². The van der Waals surface area contributed by atoms with Crippen LogP contribution in [-0.4, -0.2) is 62.8 Å². The van der Waals surface area contributed by atoms with E-state index in [0.29, 0.717) is 55.6 Å². The minimum atomic E-state index is -0.163. The predicted molar refractivity (Wildman–Crippen MR) is 126 cm³/mol. The number of rotatable bonds is 4. The van der Waals surface area contributed by atoms with Gasteiger partial charge in [-0.25, -0.2) is 4.68 Å². The van der Waals surface area contributed by atoms with Crippen LogP contribution >= 0.6 is 11.6 Å². The highest BCUT2D eigenvalue weighted by Gasteiger charge is 2.32. The number of carbonyl (C=O) groups is 2. The third-order valence-corrected chi connectivity index (χ3v) is 6.69. The largest absolute Gasteiger partial charge is 0.365 e. The van der Waals surface area contributed by atoms with Gasteiger partial charge in [-0.15, -0.1) is 5.10 Å². The van der Waals surface area contributed by atoms with Crippen LogP contribution in [0.3, 0.4) is 0 Å². The number of nitrogens with zero attached hydrogens (tertiary/aromatic N) is 5. The van der Waals surface area contributed by atoms with Crippen molar-refractivity contribution in [2.75, 3.05) is 26.2 Å². The minimum absolute atomic E-state index is 0.0472. The molecule has 1 atom stereocenters. The van der Waals surface area contributed by atoms with E-state index in [1.807, 2.05) is 19.1 Å². The van der Waals surface area contributed by atoms with Crippen LogP contribution < -0.4 is 0 Å². The van der Waals surface area contributed by atoms with Crippen molar-refractivity contribution in [2.45, 2.75) is 32.6 Å². The number of halogens is 1. The molecule has 2 aliphatic rings. The van der Waals surface area contributed by atoms with Gasteiger partial charge in [0.1, 0.15) is 6.10 Å². The Morgan fingerprint density at radius 3 is 2.38 bits per heavy atom. The zero-order chi connectivity index (χ0) is 23.7. The SMILES string of the molecule is Cc1ccc([C@@H]2Cn3nnc(C(=O)N4CCN(C(=O)Cc5ccc(Cl)cc5)CC4)c3CO2)cc1. The van der Waals surface area contributed by atoms with E-state index in [9.17, 15) is 9.59 Å². The second kappa shape index (κ2) is 9.56. The van der Waals surface area contributed by atoms with Gasteiger partial charge in [-0.3, -0.25) is 9.59 Å². The monoisotopic (exact) mass is 479 g/mol. The van der Waals surface area contributed by atoms with Crippen LogP contribution in [0.15, 0.2) is 48.5 Å². The lowest BCUT2D eigenvalue weighted by molar-refractivity contribution is -0.131. The summed E-state index contributed by atoms with van der Waals surface area (Å²) in [6, 6.07) is 15.5. The van der Waals surface area contributed by atoms with E-state index in [1.54, 1.807) is 26.6 Å². The van der Waals surface area contributed by atoms with Gasteiger partial charge in [0.25, 0.3) is 5.91 Å². The van der Waals surface area contributed by atoms with E-state index in [0.717, 1.165) is 11.1 Å². The van der Waals surface area contributed by atoms with Crippen molar-refractivity contribution in [3.05, 3.63) is 81.6 Å². The standard InChI is InChI=1S/C25H26ClN5O3/c1-17-2-6-19(7-3-17)22-15-31-21(16-34-22)24(27-28-31)25(33)30-12-10-29(11-13-30)23(32)14-18-4-8-20(26)9-5-18/h2-9,22H,10-16H2,1H3/t22-/m0/s1. The van der Waals surface area contributed by atoms with Gasteiger partial charge in [-0.1, -0.05) is 58.8 Å². The third-order valence-electron chi connectivity index (χ3n) is 6.44. The van der Waals surface area contributed by atoms with E-state index in [2.05, 4.69) is 34.6 Å². The Labute approximate surface area is 203 Å². The highest BCUT2D eigenvalue weighted by atomic mass is 35.5. The van der Waals surface area contributed by atoms with Gasteiger partial charge in [0.05, 0.1) is 25.3 Å². The van der Waals surface area contributed by atoms with Gasteiger partial charge in [-0.05, 0) is 30.2 Å². The van der Waals surface area contributed by atoms with Crippen LogP contribution in [0.5, 0.6) is 0 Å². The van der Waals surface area contributed by atoms with Gasteiger partial charge < -0.3 is 14.5 Å². The number of amides is 2. The second-order valence-electron chi connectivity index (χ2n) is 8.75. The lowest BCUT2D eigenvalue weighted by Crippen LogP contribution is -2.51. The zero-order valence-corrected chi connectivity index (χ0v) is 19.7. The summed E-state index contributed by atoms with van der Waals surface area (Å²) < 4.78 is 7.82. The maximum atomic E-state index is 13.2. The highest BCUT2D eigenvalue weighted by Crippen LogP contribution is 2.27. The fourth-order valence-electron chi connectivity index (χ4n) is 4.36. The molecular formula is C25H26ClN5O3. The summed E-state index contributed by atoms with van der Waals surface area (Å²) in [5, 5.41) is 9.06. The molecule has 0 unspecified atom stereocenters. The summed E-state index contributed by atoms with van der Waals surface area (Å²) in [7, 11) is 0. The molecule has 1 saturated heterocycles. The van der Waals surface area contributed by atoms with E-state index < -0.39 is 0 Å². The molecule has 2 aliphatic heterocycles. The van der Waals surface area contributed by atoms with Gasteiger partial charge in [0.15, 0.2) is 5.69 Å². The Balaban J connectivity index is 1.18. The summed E-state index contributed by atoms with van der Waals surface area (Å²) in [6.45, 7) is 4.77. The molecule has 0 N–H and O–H groups in total. The van der Waals surface area contributed by atoms with Crippen molar-refractivity contribution in [3.8, 4) is 0 Å². The first-order valence-electron chi connectivity index (χ1n) is 11.4. The molecule has 0 bridgehead atoms. The van der Waals surface area contributed by atoms with Crippen molar-refractivity contribution in [1.82, 2.24) is 24.8 Å². The molecule has 5 rings (SSSR count). The second-order valence-corrected chi connectivity index (χ2v) is 9.19. The summed E-state index contributed by atoms with van der Waals surface area (Å²) in [5.41, 5.74) is 4.24. The van der Waals surface area contributed by atoms with Crippen LogP contribution in [0.1, 0.15) is 39.0 Å². The number of benzene rings is 2. The molecule has 0 spiro atoms. The fourth-order valence-corrected chi connectivity index (χ4v) is 4.48. The molecule has 2 amide bonds. The normalized spacial score (nSPS) is 18.0. The van der Waals surface area contributed by atoms with Gasteiger partial charge in [0, 0.05) is 31.2 Å². The number of carbonyl (C=O) groups excluding carboxylic acids is 2. The molecule has 8 nitrogen and oxygen atoms in total. The first-order valence-corrected chi connectivity index (χ1v) is 11.8. The fraction of sp³-hybridized carbons (Fsp3) is 0.360. The first-order chi connectivity index (χ1) is 16.5. The Morgan fingerprint density at radius 1 is 1.00 bits per heavy atom. The van der Waals surface area contributed by atoms with Crippen LogP contribution in [0.25, 0.3) is 0 Å². The molecular weight excluding hydrogens is 454 g/mol. The van der Waals surface area contributed by atoms with Crippen LogP contribution in [0.2, 0.25) is 5.02 Å². The van der Waals surface area contributed by atoms with Gasteiger partial charge in [-0.2, -0.15) is 0 Å². The summed E-state index contributed by atoms with van der Waals surface area (Å²) in [5.74, 6) is -0.116. The smallest absolute Gasteiger partial charge is 0.276 e. The number of aromatic nitrogens is 3. The molecule has 0 saturated carbocycles. The molecule has 1 fully saturated rings. The lowest BCUT2D eigenvalue weighted by atomic mass is 10.1. The number of fused-ring (bicyclic) bond motifs is 1. The Bertz CT molecular complexity index is 1180. The maximum absolute atomic E-state index is 13.2. The highest BCUT2D eigenvalue weighted by molar-refractivity contribution is 6.30. The summed E-state index contributed by atoms with van der Waals surface area (Å²) in [6.07, 6.45) is 0.205. The first kappa shape index (κ1) is 22.6. The molecule has 2 aromatic carbocycles. The molecule has 3 heterocycles. The number of aryl methyl sites for hydroxylation is 1. The molecule has 176 valence electrons. The van der Waals surface area contributed by atoms with Crippen molar-refractivity contribution < 1.29 is 14.3 Å². The van der Waals surface area contributed by atoms with E-state index in [4.69, 9.17) is 16.3 Å². The zero-order valence-electron chi connectivity index (χ0n) is 19.0. The number of hydrogen-bond acceptors (Lipinski definition) is 5. The quantitative estimate of drug-likeness (QED) is 0.574. The minimum Gasteiger partial charge on any atom is -0.365 e. The molecule has 9 heteroatoms. The molecule has 3 aromatic rings. The summed E-state index contributed by atoms with van der Waals surface area (Å²) >= 11 is 5.92. The molecule has 1 aromatic heterocycles. The summed E-state index contributed by atoms with van der Waals surface area (Å²) in [4.78, 5) is 29.4. The van der Waals surface area contributed by atoms with Crippen molar-refractivity contribution in [1.29, 1.82) is 0 Å². The van der Waals surface area contributed by atoms with Gasteiger partial charge in [0.2, 0.25) is 5.91 Å². The molecule has 0 aliphatic carbocycles. The van der Waals surface area contributed by atoms with Crippen LogP contribution in [0.4, 0.5) is 0 Å². The van der Waals surface area contributed by atoms with Crippen LogP contribution in [-0.2, 0) is 29.1 Å². The predicted octanol–water partition coefficient (Wildman–Crippen LogP) is 3.04.